The van der Waals surface area contributed by atoms with Gasteiger partial charge in [-0.1, -0.05) is 68.2 Å². The van der Waals surface area contributed by atoms with E-state index in [0.29, 0.717) is 5.56 Å². The van der Waals surface area contributed by atoms with Crippen LogP contribution in [0.15, 0.2) is 54.6 Å². The van der Waals surface area contributed by atoms with Crippen LogP contribution in [0.3, 0.4) is 0 Å². The highest BCUT2D eigenvalue weighted by Gasteiger charge is 2.24. The summed E-state index contributed by atoms with van der Waals surface area (Å²) in [6, 6.07) is 13.9. The maximum Gasteiger partial charge on any atom is 0.414 e. The van der Waals surface area contributed by atoms with Crippen molar-refractivity contribution in [2.24, 2.45) is 0 Å². The summed E-state index contributed by atoms with van der Waals surface area (Å²) in [6.07, 6.45) is -0.882. The second-order valence-corrected chi connectivity index (χ2v) is 10.2. The first-order valence-corrected chi connectivity index (χ1v) is 12.4. The van der Waals surface area contributed by atoms with Crippen molar-refractivity contribution < 1.29 is 34.1 Å². The Morgan fingerprint density at radius 3 is 2.08 bits per heavy atom. The number of carbonyl (C=O) groups excluding carboxylic acids is 2. The monoisotopic (exact) mass is 559 g/mol. The molecule has 3 aromatic carbocycles. The maximum atomic E-state index is 13.1. The molecule has 0 spiro atoms. The number of anilines is 1. The van der Waals surface area contributed by atoms with Gasteiger partial charge in [0.25, 0.3) is 0 Å². The average molecular weight is 560 g/mol. The number of hydrogen-bond donors (Lipinski definition) is 2. The molecule has 0 atom stereocenters. The number of carbonyl (C=O) groups is 3. The Balaban J connectivity index is 1.91. The van der Waals surface area contributed by atoms with E-state index in [2.05, 4.69) is 20.8 Å². The van der Waals surface area contributed by atoms with E-state index in [4.69, 9.17) is 32.7 Å². The first-order chi connectivity index (χ1) is 17.8. The number of rotatable bonds is 8. The Labute approximate surface area is 230 Å². The number of phenols is 1. The minimum atomic E-state index is -1.26. The summed E-state index contributed by atoms with van der Waals surface area (Å²) in [5, 5.41) is 19.5. The Morgan fingerprint density at radius 2 is 1.55 bits per heavy atom. The molecule has 0 saturated heterocycles. The predicted octanol–water partition coefficient (Wildman–Crippen LogP) is 7.07. The zero-order valence-electron chi connectivity index (χ0n) is 21.2. The number of amides is 1. The first-order valence-electron chi connectivity index (χ1n) is 11.6. The molecule has 0 aliphatic rings. The Morgan fingerprint density at radius 1 is 0.947 bits per heavy atom. The van der Waals surface area contributed by atoms with E-state index >= 15 is 0 Å². The van der Waals surface area contributed by atoms with Crippen molar-refractivity contribution in [2.75, 3.05) is 18.1 Å². The van der Waals surface area contributed by atoms with Crippen LogP contribution in [0.1, 0.15) is 49.2 Å². The summed E-state index contributed by atoms with van der Waals surface area (Å²) in [4.78, 5) is 37.5. The number of benzene rings is 3. The molecule has 0 fully saturated rings. The molecule has 38 heavy (non-hydrogen) atoms. The minimum absolute atomic E-state index is 0.00911. The van der Waals surface area contributed by atoms with Gasteiger partial charge in [0.05, 0.1) is 27.9 Å². The van der Waals surface area contributed by atoms with Crippen LogP contribution in [0.5, 0.6) is 17.2 Å². The lowest BCUT2D eigenvalue weighted by atomic mass is 9.86. The van der Waals surface area contributed by atoms with Gasteiger partial charge in [-0.15, -0.1) is 0 Å². The smallest absolute Gasteiger partial charge is 0.414 e. The summed E-state index contributed by atoms with van der Waals surface area (Å²) in [5.41, 5.74) is 1.49. The molecule has 0 saturated carbocycles. The van der Waals surface area contributed by atoms with E-state index in [1.165, 1.54) is 30.3 Å². The molecule has 1 amide bonds. The molecule has 10 heteroatoms. The second-order valence-electron chi connectivity index (χ2n) is 9.35. The summed E-state index contributed by atoms with van der Waals surface area (Å²) in [6.45, 7) is 7.16. The lowest BCUT2D eigenvalue weighted by Crippen LogP contribution is -2.36. The number of aliphatic carboxylic acids is 1. The van der Waals surface area contributed by atoms with E-state index in [0.717, 1.165) is 10.5 Å². The van der Waals surface area contributed by atoms with Gasteiger partial charge in [-0.2, -0.15) is 0 Å². The first kappa shape index (κ1) is 28.8. The van der Waals surface area contributed by atoms with Gasteiger partial charge in [-0.3, -0.25) is 14.5 Å². The number of hydrogen-bond acceptors (Lipinski definition) is 6. The molecular weight excluding hydrogens is 533 g/mol. The molecule has 3 aromatic rings. The van der Waals surface area contributed by atoms with Crippen LogP contribution in [0.2, 0.25) is 10.0 Å². The summed E-state index contributed by atoms with van der Waals surface area (Å²) in [7, 11) is 0. The third-order valence-corrected chi connectivity index (χ3v) is 6.08. The highest BCUT2D eigenvalue weighted by atomic mass is 35.5. The molecule has 0 heterocycles. The van der Waals surface area contributed by atoms with E-state index in [1.807, 2.05) is 12.1 Å². The highest BCUT2D eigenvalue weighted by molar-refractivity contribution is 6.37. The van der Waals surface area contributed by atoms with Crippen molar-refractivity contribution in [2.45, 2.75) is 33.1 Å². The lowest BCUT2D eigenvalue weighted by molar-refractivity contribution is -0.135. The standard InChI is InChI=1S/C28H27Cl2NO7/c1-5-37-27(36)31(15-24(33)34)18-12-21(29)26(22(30)13-18)38-19-10-11-23(32)20(14-19)25(35)16-6-8-17(9-7-16)28(2,3)4/h6-14,32H,5,15H2,1-4H3,(H,33,34). The fourth-order valence-electron chi connectivity index (χ4n) is 3.55. The SMILES string of the molecule is CCOC(=O)N(CC(=O)O)c1cc(Cl)c(Oc2ccc(O)c(C(=O)c3ccc(C(C)(C)C)cc3)c2)c(Cl)c1. The molecule has 0 aliphatic carbocycles. The zero-order chi connectivity index (χ0) is 28.2. The number of halogens is 2. The number of ketones is 1. The molecule has 8 nitrogen and oxygen atoms in total. The number of nitrogens with zero attached hydrogens (tertiary/aromatic N) is 1. The maximum absolute atomic E-state index is 13.1. The van der Waals surface area contributed by atoms with Crippen LogP contribution in [-0.2, 0) is 14.9 Å². The molecule has 0 aliphatic heterocycles. The van der Waals surface area contributed by atoms with Crippen molar-refractivity contribution in [3.63, 3.8) is 0 Å². The number of aromatic hydroxyl groups is 1. The summed E-state index contributed by atoms with van der Waals surface area (Å²) < 4.78 is 10.8. The topological polar surface area (TPSA) is 113 Å². The number of carboxylic acid groups (broad SMARTS) is 1. The van der Waals surface area contributed by atoms with E-state index in [9.17, 15) is 24.6 Å². The van der Waals surface area contributed by atoms with Crippen molar-refractivity contribution in [1.29, 1.82) is 0 Å². The van der Waals surface area contributed by atoms with E-state index in [-0.39, 0.29) is 50.6 Å². The Bertz CT molecular complexity index is 1340. The quantitative estimate of drug-likeness (QED) is 0.284. The molecule has 200 valence electrons. The van der Waals surface area contributed by atoms with E-state index in [1.54, 1.807) is 19.1 Å². The second kappa shape index (κ2) is 11.8. The van der Waals surface area contributed by atoms with Gasteiger partial charge in [0.1, 0.15) is 18.0 Å². The van der Waals surface area contributed by atoms with Crippen LogP contribution < -0.4 is 9.64 Å². The van der Waals surface area contributed by atoms with Crippen LogP contribution in [0.4, 0.5) is 10.5 Å². The molecule has 3 rings (SSSR count). The van der Waals surface area contributed by atoms with Gasteiger partial charge < -0.3 is 19.7 Å². The third-order valence-electron chi connectivity index (χ3n) is 5.52. The molecular formula is C28H27Cl2NO7. The van der Waals surface area contributed by atoms with Gasteiger partial charge >= 0.3 is 12.1 Å². The van der Waals surface area contributed by atoms with Crippen molar-refractivity contribution in [1.82, 2.24) is 0 Å². The van der Waals surface area contributed by atoms with Gasteiger partial charge in [0.2, 0.25) is 0 Å². The average Bonchev–Trinajstić information content (AvgIpc) is 2.84. The number of phenolic OH excluding ortho intramolecular Hbond substituents is 1. The molecule has 0 aromatic heterocycles. The highest BCUT2D eigenvalue weighted by Crippen LogP contribution is 2.41. The third kappa shape index (κ3) is 6.76. The largest absolute Gasteiger partial charge is 0.507 e. The predicted molar refractivity (Wildman–Crippen MR) is 145 cm³/mol. The zero-order valence-corrected chi connectivity index (χ0v) is 22.8. The van der Waals surface area contributed by atoms with Gasteiger partial charge in [0.15, 0.2) is 11.5 Å². The van der Waals surface area contributed by atoms with Crippen LogP contribution in [0.25, 0.3) is 0 Å². The molecule has 0 radical (unpaired) electrons. The van der Waals surface area contributed by atoms with Gasteiger partial charge in [0, 0.05) is 5.56 Å². The van der Waals surface area contributed by atoms with E-state index < -0.39 is 24.4 Å². The summed E-state index contributed by atoms with van der Waals surface area (Å²) in [5.74, 6) is -1.72. The van der Waals surface area contributed by atoms with Crippen molar-refractivity contribution >= 4 is 46.7 Å². The molecule has 2 N–H and O–H groups in total. The van der Waals surface area contributed by atoms with Crippen molar-refractivity contribution in [3.05, 3.63) is 81.3 Å². The fourth-order valence-corrected chi connectivity index (χ4v) is 4.11. The molecule has 0 bridgehead atoms. The Hall–Kier alpha value is -3.75. The van der Waals surface area contributed by atoms with Crippen LogP contribution in [-0.4, -0.2) is 41.2 Å². The number of ether oxygens (including phenoxy) is 2. The Kier molecular flexibility index (Phi) is 8.91. The summed E-state index contributed by atoms with van der Waals surface area (Å²) >= 11 is 12.8. The minimum Gasteiger partial charge on any atom is -0.507 e. The molecule has 0 unspecified atom stereocenters. The fraction of sp³-hybridized carbons (Fsp3) is 0.250. The number of carboxylic acids is 1. The van der Waals surface area contributed by atoms with Crippen LogP contribution in [0, 0.1) is 0 Å². The normalized spacial score (nSPS) is 11.1. The van der Waals surface area contributed by atoms with Gasteiger partial charge in [-0.25, -0.2) is 4.79 Å². The lowest BCUT2D eigenvalue weighted by Gasteiger charge is -2.21. The van der Waals surface area contributed by atoms with Crippen LogP contribution >= 0.6 is 23.2 Å². The van der Waals surface area contributed by atoms with Crippen molar-refractivity contribution in [3.8, 4) is 17.2 Å². The van der Waals surface area contributed by atoms with Gasteiger partial charge in [-0.05, 0) is 48.2 Å².